The number of rotatable bonds is 8. The zero-order valence-corrected chi connectivity index (χ0v) is 12.1. The molecule has 1 fully saturated rings. The van der Waals surface area contributed by atoms with Crippen LogP contribution in [0.3, 0.4) is 0 Å². The average Bonchev–Trinajstić information content (AvgIpc) is 3.03. The highest BCUT2D eigenvalue weighted by Gasteiger charge is 2.19. The second kappa shape index (κ2) is 7.93. The molecule has 102 valence electrons. The van der Waals surface area contributed by atoms with Crippen LogP contribution in [-0.2, 0) is 15.9 Å². The smallest absolute Gasteiger partial charge is 0.184 e. The molecule has 1 saturated heterocycles. The molecule has 0 atom stereocenters. The van der Waals surface area contributed by atoms with Gasteiger partial charge in [0, 0.05) is 10.4 Å². The second-order valence-corrected chi connectivity index (χ2v) is 5.93. The van der Waals surface area contributed by atoms with Crippen LogP contribution in [0.25, 0.3) is 0 Å². The first-order valence-corrected chi connectivity index (χ1v) is 8.08. The van der Waals surface area contributed by atoms with Crippen LogP contribution in [0.4, 0.5) is 0 Å². The zero-order chi connectivity index (χ0) is 12.6. The van der Waals surface area contributed by atoms with Gasteiger partial charge >= 0.3 is 0 Å². The van der Waals surface area contributed by atoms with Crippen molar-refractivity contribution in [2.45, 2.75) is 58.2 Å². The van der Waals surface area contributed by atoms with Crippen molar-refractivity contribution in [3.05, 3.63) is 21.9 Å². The van der Waals surface area contributed by atoms with E-state index in [4.69, 9.17) is 9.47 Å². The number of thiophene rings is 1. The Hall–Kier alpha value is -0.380. The van der Waals surface area contributed by atoms with E-state index in [9.17, 15) is 0 Å². The van der Waals surface area contributed by atoms with E-state index in [2.05, 4.69) is 18.4 Å². The standard InChI is InChI=1S/C15H24O2S/c1-2-3-4-5-6-7-8-14-11-13(12-18-14)15-16-9-10-17-15/h11-12,15H,2-10H2,1H3. The Labute approximate surface area is 114 Å². The molecule has 0 amide bonds. The lowest BCUT2D eigenvalue weighted by Crippen LogP contribution is -1.95. The Bertz CT molecular complexity index is 329. The summed E-state index contributed by atoms with van der Waals surface area (Å²) in [7, 11) is 0. The number of aryl methyl sites for hydroxylation is 1. The van der Waals surface area contributed by atoms with E-state index in [1.807, 2.05) is 11.3 Å². The molecule has 0 aliphatic carbocycles. The molecule has 3 heteroatoms. The van der Waals surface area contributed by atoms with E-state index >= 15 is 0 Å². The fraction of sp³-hybridized carbons (Fsp3) is 0.733. The maximum Gasteiger partial charge on any atom is 0.184 e. The van der Waals surface area contributed by atoms with Gasteiger partial charge in [0.25, 0.3) is 0 Å². The number of ether oxygens (including phenoxy) is 2. The van der Waals surface area contributed by atoms with Crippen LogP contribution in [0.15, 0.2) is 11.4 Å². The SMILES string of the molecule is CCCCCCCCc1cc(C2OCCO2)cs1. The molecule has 1 aromatic rings. The van der Waals surface area contributed by atoms with Crippen molar-refractivity contribution in [2.75, 3.05) is 13.2 Å². The van der Waals surface area contributed by atoms with Gasteiger partial charge in [-0.3, -0.25) is 0 Å². The van der Waals surface area contributed by atoms with Crippen molar-refractivity contribution in [3.63, 3.8) is 0 Å². The molecule has 1 aliphatic heterocycles. The monoisotopic (exact) mass is 268 g/mol. The first-order valence-electron chi connectivity index (χ1n) is 7.20. The maximum atomic E-state index is 5.51. The van der Waals surface area contributed by atoms with Crippen LogP contribution < -0.4 is 0 Å². The summed E-state index contributed by atoms with van der Waals surface area (Å²) >= 11 is 1.84. The summed E-state index contributed by atoms with van der Waals surface area (Å²) in [5, 5.41) is 2.18. The Morgan fingerprint density at radius 2 is 1.83 bits per heavy atom. The topological polar surface area (TPSA) is 18.5 Å². The maximum absolute atomic E-state index is 5.51. The molecule has 0 radical (unpaired) electrons. The minimum Gasteiger partial charge on any atom is -0.346 e. The van der Waals surface area contributed by atoms with Crippen molar-refractivity contribution in [1.82, 2.24) is 0 Å². The van der Waals surface area contributed by atoms with Gasteiger partial charge in [-0.2, -0.15) is 0 Å². The van der Waals surface area contributed by atoms with Crippen molar-refractivity contribution in [1.29, 1.82) is 0 Å². The van der Waals surface area contributed by atoms with Crippen molar-refractivity contribution < 1.29 is 9.47 Å². The summed E-state index contributed by atoms with van der Waals surface area (Å²) in [6.45, 7) is 3.72. The van der Waals surface area contributed by atoms with Gasteiger partial charge in [0.2, 0.25) is 0 Å². The van der Waals surface area contributed by atoms with Crippen LogP contribution >= 0.6 is 11.3 Å². The molecular weight excluding hydrogens is 244 g/mol. The Morgan fingerprint density at radius 3 is 2.61 bits per heavy atom. The Balaban J connectivity index is 1.64. The van der Waals surface area contributed by atoms with Gasteiger partial charge in [-0.15, -0.1) is 11.3 Å². The van der Waals surface area contributed by atoms with E-state index in [0.29, 0.717) is 0 Å². The number of unbranched alkanes of at least 4 members (excludes halogenated alkanes) is 5. The van der Waals surface area contributed by atoms with E-state index in [0.717, 1.165) is 13.2 Å². The molecule has 0 bridgehead atoms. The lowest BCUT2D eigenvalue weighted by atomic mass is 10.1. The number of hydrogen-bond donors (Lipinski definition) is 0. The molecule has 1 aromatic heterocycles. The Kier molecular flexibility index (Phi) is 6.18. The van der Waals surface area contributed by atoms with Gasteiger partial charge in [0.1, 0.15) is 0 Å². The minimum atomic E-state index is -0.0976. The van der Waals surface area contributed by atoms with Crippen LogP contribution in [0.5, 0.6) is 0 Å². The van der Waals surface area contributed by atoms with E-state index in [-0.39, 0.29) is 6.29 Å². The van der Waals surface area contributed by atoms with Crippen molar-refractivity contribution in [2.24, 2.45) is 0 Å². The molecule has 0 spiro atoms. The van der Waals surface area contributed by atoms with Gasteiger partial charge < -0.3 is 9.47 Å². The molecule has 0 saturated carbocycles. The minimum absolute atomic E-state index is 0.0976. The van der Waals surface area contributed by atoms with Gasteiger partial charge in [0.15, 0.2) is 6.29 Å². The summed E-state index contributed by atoms with van der Waals surface area (Å²) in [5.74, 6) is 0. The summed E-state index contributed by atoms with van der Waals surface area (Å²) in [6.07, 6.45) is 9.30. The average molecular weight is 268 g/mol. The van der Waals surface area contributed by atoms with Gasteiger partial charge in [-0.1, -0.05) is 39.0 Å². The van der Waals surface area contributed by atoms with Crippen molar-refractivity contribution in [3.8, 4) is 0 Å². The highest BCUT2D eigenvalue weighted by atomic mass is 32.1. The largest absolute Gasteiger partial charge is 0.346 e. The first kappa shape index (κ1) is 14.0. The molecular formula is C15H24O2S. The summed E-state index contributed by atoms with van der Waals surface area (Å²) < 4.78 is 11.0. The van der Waals surface area contributed by atoms with E-state index < -0.39 is 0 Å². The summed E-state index contributed by atoms with van der Waals surface area (Å²) in [5.41, 5.74) is 1.21. The van der Waals surface area contributed by atoms with Gasteiger partial charge in [-0.05, 0) is 24.3 Å². The first-order chi connectivity index (χ1) is 8.90. The van der Waals surface area contributed by atoms with E-state index in [1.165, 1.54) is 55.4 Å². The van der Waals surface area contributed by atoms with Crippen LogP contribution in [-0.4, -0.2) is 13.2 Å². The molecule has 2 rings (SSSR count). The Morgan fingerprint density at radius 1 is 1.11 bits per heavy atom. The number of hydrogen-bond acceptors (Lipinski definition) is 3. The van der Waals surface area contributed by atoms with Gasteiger partial charge in [-0.25, -0.2) is 0 Å². The highest BCUT2D eigenvalue weighted by molar-refractivity contribution is 7.10. The predicted octanol–water partition coefficient (Wildman–Crippen LogP) is 4.70. The lowest BCUT2D eigenvalue weighted by molar-refractivity contribution is -0.0438. The third-order valence-electron chi connectivity index (χ3n) is 3.34. The van der Waals surface area contributed by atoms with Crippen molar-refractivity contribution >= 4 is 11.3 Å². The molecule has 2 heterocycles. The second-order valence-electron chi connectivity index (χ2n) is 4.94. The third-order valence-corrected chi connectivity index (χ3v) is 4.36. The molecule has 0 N–H and O–H groups in total. The van der Waals surface area contributed by atoms with Gasteiger partial charge in [0.05, 0.1) is 13.2 Å². The van der Waals surface area contributed by atoms with Crippen LogP contribution in [0, 0.1) is 0 Å². The fourth-order valence-electron chi connectivity index (χ4n) is 2.28. The highest BCUT2D eigenvalue weighted by Crippen LogP contribution is 2.28. The van der Waals surface area contributed by atoms with Crippen LogP contribution in [0.1, 0.15) is 62.2 Å². The predicted molar refractivity (Wildman–Crippen MR) is 76.0 cm³/mol. The quantitative estimate of drug-likeness (QED) is 0.636. The summed E-state index contributed by atoms with van der Waals surface area (Å²) in [4.78, 5) is 1.47. The fourth-order valence-corrected chi connectivity index (χ4v) is 3.22. The normalized spacial score (nSPS) is 16.5. The van der Waals surface area contributed by atoms with Crippen LogP contribution in [0.2, 0.25) is 0 Å². The zero-order valence-electron chi connectivity index (χ0n) is 11.3. The molecule has 2 nitrogen and oxygen atoms in total. The molecule has 1 aliphatic rings. The lowest BCUT2D eigenvalue weighted by Gasteiger charge is -2.05. The molecule has 0 unspecified atom stereocenters. The molecule has 0 aromatic carbocycles. The molecule has 18 heavy (non-hydrogen) atoms. The third kappa shape index (κ3) is 4.38. The summed E-state index contributed by atoms with van der Waals surface area (Å²) in [6, 6.07) is 2.26. The van der Waals surface area contributed by atoms with E-state index in [1.54, 1.807) is 0 Å².